The van der Waals surface area contributed by atoms with Crippen LogP contribution in [0.4, 0.5) is 0 Å². The van der Waals surface area contributed by atoms with Crippen LogP contribution in [-0.2, 0) is 16.1 Å². The van der Waals surface area contributed by atoms with E-state index in [-0.39, 0.29) is 6.61 Å². The van der Waals surface area contributed by atoms with E-state index in [1.54, 1.807) is 6.92 Å². The molecule has 0 radical (unpaired) electrons. The first kappa shape index (κ1) is 11.7. The average Bonchev–Trinajstić information content (AvgIpc) is 2.26. The van der Waals surface area contributed by atoms with Crippen LogP contribution >= 0.6 is 0 Å². The van der Waals surface area contributed by atoms with Gasteiger partial charge in [-0.25, -0.2) is 4.79 Å². The van der Waals surface area contributed by atoms with E-state index < -0.39 is 18.1 Å². The van der Waals surface area contributed by atoms with Gasteiger partial charge in [0.2, 0.25) is 0 Å². The SMILES string of the molecule is C[C@@H](N)C(O)C(=O)OCc1ccccc1. The van der Waals surface area contributed by atoms with Crippen LogP contribution in [0.25, 0.3) is 0 Å². The molecule has 1 unspecified atom stereocenters. The molecule has 0 saturated carbocycles. The van der Waals surface area contributed by atoms with Crippen LogP contribution in [0.3, 0.4) is 0 Å². The van der Waals surface area contributed by atoms with Crippen molar-refractivity contribution in [3.8, 4) is 0 Å². The Bertz CT molecular complexity index is 311. The molecule has 1 aromatic carbocycles. The normalized spacial score (nSPS) is 14.3. The summed E-state index contributed by atoms with van der Waals surface area (Å²) < 4.78 is 4.88. The van der Waals surface area contributed by atoms with Crippen molar-refractivity contribution in [2.75, 3.05) is 0 Å². The summed E-state index contributed by atoms with van der Waals surface area (Å²) in [6, 6.07) is 8.64. The number of rotatable bonds is 4. The van der Waals surface area contributed by atoms with Crippen molar-refractivity contribution in [2.45, 2.75) is 25.7 Å². The number of nitrogens with two attached hydrogens (primary N) is 1. The summed E-state index contributed by atoms with van der Waals surface area (Å²) in [6.07, 6.45) is -1.26. The van der Waals surface area contributed by atoms with Gasteiger partial charge in [-0.15, -0.1) is 0 Å². The van der Waals surface area contributed by atoms with E-state index >= 15 is 0 Å². The third-order valence-corrected chi connectivity index (χ3v) is 1.96. The van der Waals surface area contributed by atoms with Crippen LogP contribution in [-0.4, -0.2) is 23.2 Å². The number of carbonyl (C=O) groups is 1. The van der Waals surface area contributed by atoms with Crippen molar-refractivity contribution in [3.05, 3.63) is 35.9 Å². The van der Waals surface area contributed by atoms with E-state index in [1.165, 1.54) is 0 Å². The lowest BCUT2D eigenvalue weighted by Gasteiger charge is -2.13. The molecule has 4 nitrogen and oxygen atoms in total. The number of aliphatic hydroxyl groups excluding tert-OH is 1. The van der Waals surface area contributed by atoms with E-state index in [1.807, 2.05) is 30.3 Å². The monoisotopic (exact) mass is 209 g/mol. The van der Waals surface area contributed by atoms with Crippen LogP contribution < -0.4 is 5.73 Å². The smallest absolute Gasteiger partial charge is 0.336 e. The fourth-order valence-corrected chi connectivity index (χ4v) is 1.03. The van der Waals surface area contributed by atoms with E-state index in [4.69, 9.17) is 10.5 Å². The van der Waals surface area contributed by atoms with Gasteiger partial charge in [0.05, 0.1) is 0 Å². The van der Waals surface area contributed by atoms with Crippen molar-refractivity contribution in [1.29, 1.82) is 0 Å². The van der Waals surface area contributed by atoms with Crippen molar-refractivity contribution in [2.24, 2.45) is 5.73 Å². The molecule has 0 aliphatic carbocycles. The van der Waals surface area contributed by atoms with Crippen LogP contribution in [0.5, 0.6) is 0 Å². The van der Waals surface area contributed by atoms with Gasteiger partial charge >= 0.3 is 5.97 Å². The Morgan fingerprint density at radius 1 is 1.47 bits per heavy atom. The highest BCUT2D eigenvalue weighted by atomic mass is 16.5. The molecule has 1 aromatic rings. The van der Waals surface area contributed by atoms with E-state index in [0.717, 1.165) is 5.56 Å². The molecule has 0 aliphatic heterocycles. The largest absolute Gasteiger partial charge is 0.459 e. The van der Waals surface area contributed by atoms with E-state index in [9.17, 15) is 9.90 Å². The zero-order valence-electron chi connectivity index (χ0n) is 8.59. The molecule has 0 aliphatic rings. The molecule has 4 heteroatoms. The molecular weight excluding hydrogens is 194 g/mol. The van der Waals surface area contributed by atoms with Gasteiger partial charge in [-0.1, -0.05) is 30.3 Å². The zero-order valence-corrected chi connectivity index (χ0v) is 8.59. The Morgan fingerprint density at radius 2 is 2.07 bits per heavy atom. The van der Waals surface area contributed by atoms with Crippen LogP contribution in [0.15, 0.2) is 30.3 Å². The van der Waals surface area contributed by atoms with E-state index in [2.05, 4.69) is 0 Å². The Kier molecular flexibility index (Phi) is 4.27. The molecule has 1 rings (SSSR count). The number of aliphatic hydroxyl groups is 1. The van der Waals surface area contributed by atoms with E-state index in [0.29, 0.717) is 0 Å². The highest BCUT2D eigenvalue weighted by Gasteiger charge is 2.20. The van der Waals surface area contributed by atoms with Gasteiger partial charge in [0, 0.05) is 6.04 Å². The lowest BCUT2D eigenvalue weighted by Crippen LogP contribution is -2.39. The Hall–Kier alpha value is -1.39. The number of ether oxygens (including phenoxy) is 1. The summed E-state index contributed by atoms with van der Waals surface area (Å²) in [4.78, 5) is 11.2. The second-order valence-corrected chi connectivity index (χ2v) is 3.40. The Labute approximate surface area is 88.7 Å². The lowest BCUT2D eigenvalue weighted by atomic mass is 10.2. The molecule has 3 N–H and O–H groups in total. The molecule has 2 atom stereocenters. The standard InChI is InChI=1S/C11H15NO3/c1-8(12)10(13)11(14)15-7-9-5-3-2-4-6-9/h2-6,8,10,13H,7,12H2,1H3/t8-,10?/m1/s1. The predicted octanol–water partition coefficient (Wildman–Crippen LogP) is 0.438. The quantitative estimate of drug-likeness (QED) is 0.706. The highest BCUT2D eigenvalue weighted by molar-refractivity contribution is 5.75. The number of carbonyl (C=O) groups excluding carboxylic acids is 1. The van der Waals surface area contributed by atoms with Crippen LogP contribution in [0.2, 0.25) is 0 Å². The second-order valence-electron chi connectivity index (χ2n) is 3.40. The van der Waals surface area contributed by atoms with Crippen LogP contribution in [0, 0.1) is 0 Å². The summed E-state index contributed by atoms with van der Waals surface area (Å²) in [7, 11) is 0. The number of hydrogen-bond acceptors (Lipinski definition) is 4. The Balaban J connectivity index is 2.41. The zero-order chi connectivity index (χ0) is 11.3. The first-order valence-corrected chi connectivity index (χ1v) is 4.75. The molecule has 0 fully saturated rings. The third kappa shape index (κ3) is 3.69. The molecule has 0 spiro atoms. The Morgan fingerprint density at radius 3 is 2.60 bits per heavy atom. The fourth-order valence-electron chi connectivity index (χ4n) is 1.03. The summed E-state index contributed by atoms with van der Waals surface area (Å²) in [5.41, 5.74) is 6.23. The van der Waals surface area contributed by atoms with Crippen LogP contribution in [0.1, 0.15) is 12.5 Å². The van der Waals surface area contributed by atoms with Crippen molar-refractivity contribution in [1.82, 2.24) is 0 Å². The molecule has 0 saturated heterocycles. The maximum Gasteiger partial charge on any atom is 0.336 e. The van der Waals surface area contributed by atoms with Gasteiger partial charge in [-0.05, 0) is 12.5 Å². The predicted molar refractivity (Wildman–Crippen MR) is 55.9 cm³/mol. The first-order valence-electron chi connectivity index (χ1n) is 4.75. The maximum absolute atomic E-state index is 11.2. The minimum Gasteiger partial charge on any atom is -0.459 e. The maximum atomic E-state index is 11.2. The average molecular weight is 209 g/mol. The third-order valence-electron chi connectivity index (χ3n) is 1.96. The van der Waals surface area contributed by atoms with Gasteiger partial charge in [0.1, 0.15) is 6.61 Å². The van der Waals surface area contributed by atoms with Gasteiger partial charge < -0.3 is 15.6 Å². The molecular formula is C11H15NO3. The van der Waals surface area contributed by atoms with Gasteiger partial charge in [-0.3, -0.25) is 0 Å². The number of hydrogen-bond donors (Lipinski definition) is 2. The first-order chi connectivity index (χ1) is 7.11. The molecule has 0 heterocycles. The summed E-state index contributed by atoms with van der Waals surface area (Å²) in [6.45, 7) is 1.71. The second kappa shape index (κ2) is 5.48. The minimum absolute atomic E-state index is 0.156. The molecule has 15 heavy (non-hydrogen) atoms. The number of benzene rings is 1. The van der Waals surface area contributed by atoms with Crippen molar-refractivity contribution in [3.63, 3.8) is 0 Å². The lowest BCUT2D eigenvalue weighted by molar-refractivity contribution is -0.155. The van der Waals surface area contributed by atoms with Crippen molar-refractivity contribution < 1.29 is 14.6 Å². The van der Waals surface area contributed by atoms with Gasteiger partial charge in [0.15, 0.2) is 6.10 Å². The van der Waals surface area contributed by atoms with Gasteiger partial charge in [0.25, 0.3) is 0 Å². The summed E-state index contributed by atoms with van der Waals surface area (Å²) in [5, 5.41) is 9.27. The summed E-state index contributed by atoms with van der Waals surface area (Å²) >= 11 is 0. The fraction of sp³-hybridized carbons (Fsp3) is 0.364. The molecule has 0 bridgehead atoms. The topological polar surface area (TPSA) is 72.5 Å². The minimum atomic E-state index is -1.26. The van der Waals surface area contributed by atoms with Gasteiger partial charge in [-0.2, -0.15) is 0 Å². The van der Waals surface area contributed by atoms with Crippen molar-refractivity contribution >= 4 is 5.97 Å². The molecule has 82 valence electrons. The summed E-state index contributed by atoms with van der Waals surface area (Å²) in [5.74, 6) is -0.686. The molecule has 0 aromatic heterocycles. The molecule has 0 amide bonds. The number of esters is 1. The highest BCUT2D eigenvalue weighted by Crippen LogP contribution is 2.02.